The number of rotatable bonds is 3. The Labute approximate surface area is 117 Å². The Morgan fingerprint density at radius 2 is 1.70 bits per heavy atom. The molecule has 0 saturated heterocycles. The summed E-state index contributed by atoms with van der Waals surface area (Å²) in [7, 11) is 1.64. The molecule has 2 aromatic rings. The summed E-state index contributed by atoms with van der Waals surface area (Å²) in [6.45, 7) is 0. The van der Waals surface area contributed by atoms with Crippen LogP contribution in [-0.2, 0) is 4.74 Å². The predicted molar refractivity (Wildman–Crippen MR) is 78.2 cm³/mol. The van der Waals surface area contributed by atoms with Crippen molar-refractivity contribution < 1.29 is 9.47 Å². The molecule has 1 aliphatic rings. The predicted octanol–water partition coefficient (Wildman–Crippen LogP) is 2.98. The van der Waals surface area contributed by atoms with Crippen LogP contribution in [0.15, 0.2) is 65.9 Å². The van der Waals surface area contributed by atoms with Gasteiger partial charge in [0.15, 0.2) is 5.76 Å². The summed E-state index contributed by atoms with van der Waals surface area (Å²) in [4.78, 5) is 0. The van der Waals surface area contributed by atoms with Gasteiger partial charge in [0.2, 0.25) is 5.90 Å². The highest BCUT2D eigenvalue weighted by Crippen LogP contribution is 2.21. The molecule has 4 nitrogen and oxygen atoms in total. The first kappa shape index (κ1) is 12.3. The van der Waals surface area contributed by atoms with Crippen LogP contribution in [0.4, 0.5) is 0 Å². The largest absolute Gasteiger partial charge is 0.497 e. The Morgan fingerprint density at radius 1 is 0.950 bits per heavy atom. The van der Waals surface area contributed by atoms with Gasteiger partial charge in [-0.3, -0.25) is 5.43 Å². The molecule has 1 heterocycles. The monoisotopic (exact) mass is 266 g/mol. The van der Waals surface area contributed by atoms with Crippen LogP contribution < -0.4 is 10.2 Å². The van der Waals surface area contributed by atoms with E-state index in [0.717, 1.165) is 22.6 Å². The van der Waals surface area contributed by atoms with Crippen molar-refractivity contribution in [2.75, 3.05) is 7.11 Å². The summed E-state index contributed by atoms with van der Waals surface area (Å²) in [5.74, 6) is 2.08. The quantitative estimate of drug-likeness (QED) is 0.928. The van der Waals surface area contributed by atoms with Gasteiger partial charge in [-0.15, -0.1) is 5.10 Å². The summed E-state index contributed by atoms with van der Waals surface area (Å²) in [5, 5.41) is 4.16. The Bertz CT molecular complexity index is 646. The fraction of sp³-hybridized carbons (Fsp3) is 0.0625. The first-order valence-electron chi connectivity index (χ1n) is 6.28. The summed E-state index contributed by atoms with van der Waals surface area (Å²) in [5.41, 5.74) is 4.77. The zero-order valence-corrected chi connectivity index (χ0v) is 11.0. The lowest BCUT2D eigenvalue weighted by Gasteiger charge is -2.16. The standard InChI is InChI=1S/C16H14N2O2/c1-19-14-9-7-13(8-10-14)16-18-17-11-15(20-16)12-5-3-2-4-6-12/h2-11,17H,1H3. The number of methoxy groups -OCH3 is 1. The number of hydrogen-bond acceptors (Lipinski definition) is 4. The third-order valence-electron chi connectivity index (χ3n) is 2.96. The molecule has 2 aromatic carbocycles. The zero-order valence-electron chi connectivity index (χ0n) is 11.0. The van der Waals surface area contributed by atoms with Crippen LogP contribution in [0.1, 0.15) is 11.1 Å². The molecule has 1 N–H and O–H groups in total. The van der Waals surface area contributed by atoms with E-state index in [-0.39, 0.29) is 0 Å². The van der Waals surface area contributed by atoms with E-state index in [0.29, 0.717) is 5.90 Å². The Hall–Kier alpha value is -2.75. The maximum atomic E-state index is 5.84. The number of nitrogens with one attached hydrogen (secondary N) is 1. The number of hydrogen-bond donors (Lipinski definition) is 1. The van der Waals surface area contributed by atoms with Crippen molar-refractivity contribution in [1.82, 2.24) is 5.43 Å². The first-order valence-corrected chi connectivity index (χ1v) is 6.28. The zero-order chi connectivity index (χ0) is 13.8. The fourth-order valence-electron chi connectivity index (χ4n) is 1.91. The second-order valence-electron chi connectivity index (χ2n) is 4.25. The van der Waals surface area contributed by atoms with Gasteiger partial charge in [0, 0.05) is 11.1 Å². The molecule has 0 bridgehead atoms. The van der Waals surface area contributed by atoms with E-state index >= 15 is 0 Å². The molecule has 1 aliphatic heterocycles. The van der Waals surface area contributed by atoms with E-state index in [1.807, 2.05) is 54.6 Å². The lowest BCUT2D eigenvalue weighted by molar-refractivity contribution is 0.414. The van der Waals surface area contributed by atoms with Crippen molar-refractivity contribution >= 4 is 11.7 Å². The van der Waals surface area contributed by atoms with E-state index in [4.69, 9.17) is 9.47 Å². The minimum absolute atomic E-state index is 0.536. The van der Waals surface area contributed by atoms with Gasteiger partial charge in [-0.2, -0.15) is 0 Å². The molecule has 0 unspecified atom stereocenters. The van der Waals surface area contributed by atoms with Crippen LogP contribution in [-0.4, -0.2) is 13.0 Å². The fourth-order valence-corrected chi connectivity index (χ4v) is 1.91. The smallest absolute Gasteiger partial charge is 0.243 e. The van der Waals surface area contributed by atoms with Gasteiger partial charge in [-0.05, 0) is 24.3 Å². The van der Waals surface area contributed by atoms with Crippen LogP contribution in [0.3, 0.4) is 0 Å². The van der Waals surface area contributed by atoms with Gasteiger partial charge in [-0.25, -0.2) is 0 Å². The molecule has 3 rings (SSSR count). The lowest BCUT2D eigenvalue weighted by atomic mass is 10.2. The SMILES string of the molecule is COc1ccc(C2=NNC=C(c3ccccc3)O2)cc1. The number of nitrogens with zero attached hydrogens (tertiary/aromatic N) is 1. The first-order chi connectivity index (χ1) is 9.86. The third kappa shape index (κ3) is 2.49. The van der Waals surface area contributed by atoms with E-state index in [1.165, 1.54) is 0 Å². The Morgan fingerprint density at radius 3 is 2.40 bits per heavy atom. The molecular formula is C16H14N2O2. The molecule has 0 saturated carbocycles. The van der Waals surface area contributed by atoms with E-state index in [1.54, 1.807) is 13.3 Å². The summed E-state index contributed by atoms with van der Waals surface area (Å²) in [6.07, 6.45) is 1.74. The Balaban J connectivity index is 1.81. The second-order valence-corrected chi connectivity index (χ2v) is 4.25. The van der Waals surface area contributed by atoms with E-state index in [9.17, 15) is 0 Å². The van der Waals surface area contributed by atoms with Crippen LogP contribution in [0.25, 0.3) is 5.76 Å². The van der Waals surface area contributed by atoms with Crippen molar-refractivity contribution in [3.8, 4) is 5.75 Å². The number of ether oxygens (including phenoxy) is 2. The van der Waals surface area contributed by atoms with Crippen LogP contribution in [0, 0.1) is 0 Å². The van der Waals surface area contributed by atoms with Gasteiger partial charge in [0.05, 0.1) is 13.3 Å². The summed E-state index contributed by atoms with van der Waals surface area (Å²) >= 11 is 0. The van der Waals surface area contributed by atoms with Crippen molar-refractivity contribution in [2.45, 2.75) is 0 Å². The number of hydrazone groups is 1. The molecule has 0 fully saturated rings. The molecule has 0 radical (unpaired) electrons. The van der Waals surface area contributed by atoms with E-state index in [2.05, 4.69) is 10.5 Å². The molecule has 0 aromatic heterocycles. The van der Waals surface area contributed by atoms with Gasteiger partial charge >= 0.3 is 0 Å². The maximum Gasteiger partial charge on any atom is 0.243 e. The molecule has 100 valence electrons. The van der Waals surface area contributed by atoms with E-state index < -0.39 is 0 Å². The third-order valence-corrected chi connectivity index (χ3v) is 2.96. The molecule has 20 heavy (non-hydrogen) atoms. The van der Waals surface area contributed by atoms with Gasteiger partial charge in [-0.1, -0.05) is 30.3 Å². The molecule has 0 amide bonds. The second kappa shape index (κ2) is 5.48. The van der Waals surface area contributed by atoms with Crippen molar-refractivity contribution in [3.05, 3.63) is 71.9 Å². The lowest BCUT2D eigenvalue weighted by Crippen LogP contribution is -2.16. The minimum Gasteiger partial charge on any atom is -0.497 e. The molecule has 0 atom stereocenters. The molecule has 0 spiro atoms. The molecular weight excluding hydrogens is 252 g/mol. The number of benzene rings is 2. The average Bonchev–Trinajstić information content (AvgIpc) is 2.56. The van der Waals surface area contributed by atoms with Gasteiger partial charge < -0.3 is 9.47 Å². The summed E-state index contributed by atoms with van der Waals surface area (Å²) in [6, 6.07) is 17.5. The maximum absolute atomic E-state index is 5.84. The van der Waals surface area contributed by atoms with Crippen LogP contribution in [0.5, 0.6) is 5.75 Å². The summed E-state index contributed by atoms with van der Waals surface area (Å²) < 4.78 is 11.0. The minimum atomic E-state index is 0.536. The normalized spacial score (nSPS) is 13.7. The average molecular weight is 266 g/mol. The highest BCUT2D eigenvalue weighted by molar-refractivity contribution is 5.98. The van der Waals surface area contributed by atoms with Crippen LogP contribution >= 0.6 is 0 Å². The van der Waals surface area contributed by atoms with Gasteiger partial charge in [0.25, 0.3) is 0 Å². The van der Waals surface area contributed by atoms with Crippen LogP contribution in [0.2, 0.25) is 0 Å². The highest BCUT2D eigenvalue weighted by atomic mass is 16.5. The van der Waals surface area contributed by atoms with Crippen molar-refractivity contribution in [1.29, 1.82) is 0 Å². The highest BCUT2D eigenvalue weighted by Gasteiger charge is 2.14. The van der Waals surface area contributed by atoms with Gasteiger partial charge in [0.1, 0.15) is 5.75 Å². The van der Waals surface area contributed by atoms with Crippen molar-refractivity contribution in [3.63, 3.8) is 0 Å². The topological polar surface area (TPSA) is 42.8 Å². The molecule has 4 heteroatoms. The molecule has 0 aliphatic carbocycles. The van der Waals surface area contributed by atoms with Crippen molar-refractivity contribution in [2.24, 2.45) is 5.10 Å². The Kier molecular flexibility index (Phi) is 3.37.